The summed E-state index contributed by atoms with van der Waals surface area (Å²) in [7, 11) is 6.47. The fraction of sp³-hybridized carbons (Fsp3) is 0.818. The van der Waals surface area contributed by atoms with E-state index in [2.05, 4.69) is 10.3 Å². The number of esters is 1. The minimum absolute atomic E-state index is 0.241. The summed E-state index contributed by atoms with van der Waals surface area (Å²) in [6.07, 6.45) is 4.02. The van der Waals surface area contributed by atoms with Crippen LogP contribution in [0.5, 0.6) is 0 Å². The number of hydrogen-bond acceptors (Lipinski definition) is 5. The maximum Gasteiger partial charge on any atom is 0.312 e. The van der Waals surface area contributed by atoms with E-state index in [0.29, 0.717) is 0 Å². The zero-order chi connectivity index (χ0) is 12.4. The first-order chi connectivity index (χ1) is 7.71. The highest BCUT2D eigenvalue weighted by molar-refractivity contribution is 5.72. The standard InChI is InChI=1S/C11H22N2O3/c1-12-8-6-5-7-9(11(14)16-4)10(13-2)15-3/h8-10,13H,5-7H2,1-4H3. The smallest absolute Gasteiger partial charge is 0.312 e. The number of ether oxygens (including phenoxy) is 2. The Morgan fingerprint density at radius 3 is 2.62 bits per heavy atom. The summed E-state index contributed by atoms with van der Waals surface area (Å²) in [4.78, 5) is 15.5. The highest BCUT2D eigenvalue weighted by atomic mass is 16.5. The molecule has 0 bridgehead atoms. The number of carbonyl (C=O) groups excluding carboxylic acids is 1. The summed E-state index contributed by atoms with van der Waals surface area (Å²) in [6, 6.07) is 0. The second kappa shape index (κ2) is 9.30. The molecule has 0 aliphatic rings. The monoisotopic (exact) mass is 230 g/mol. The molecule has 0 radical (unpaired) electrons. The molecule has 0 saturated carbocycles. The predicted molar refractivity (Wildman–Crippen MR) is 63.6 cm³/mol. The van der Waals surface area contributed by atoms with Crippen molar-refractivity contribution in [1.29, 1.82) is 0 Å². The van der Waals surface area contributed by atoms with Crippen LogP contribution >= 0.6 is 0 Å². The Balaban J connectivity index is 4.25. The fourth-order valence-electron chi connectivity index (χ4n) is 1.59. The van der Waals surface area contributed by atoms with Crippen molar-refractivity contribution in [3.05, 3.63) is 0 Å². The zero-order valence-electron chi connectivity index (χ0n) is 10.5. The van der Waals surface area contributed by atoms with Crippen LogP contribution in [0.1, 0.15) is 19.3 Å². The van der Waals surface area contributed by atoms with Crippen LogP contribution in [-0.2, 0) is 14.3 Å². The second-order valence-electron chi connectivity index (χ2n) is 3.45. The van der Waals surface area contributed by atoms with Crippen molar-refractivity contribution in [2.45, 2.75) is 25.5 Å². The van der Waals surface area contributed by atoms with Crippen molar-refractivity contribution in [3.63, 3.8) is 0 Å². The molecule has 0 fully saturated rings. The molecule has 94 valence electrons. The van der Waals surface area contributed by atoms with Gasteiger partial charge in [0.05, 0.1) is 13.0 Å². The van der Waals surface area contributed by atoms with Gasteiger partial charge in [0.1, 0.15) is 6.23 Å². The summed E-state index contributed by atoms with van der Waals surface area (Å²) in [6.45, 7) is 0. The maximum absolute atomic E-state index is 11.6. The van der Waals surface area contributed by atoms with Gasteiger partial charge in [-0.2, -0.15) is 0 Å². The normalized spacial score (nSPS) is 15.0. The van der Waals surface area contributed by atoms with Gasteiger partial charge in [-0.1, -0.05) is 0 Å². The molecule has 0 spiro atoms. The number of hydrogen-bond donors (Lipinski definition) is 1. The number of nitrogens with one attached hydrogen (secondary N) is 1. The number of methoxy groups -OCH3 is 2. The van der Waals surface area contributed by atoms with Crippen molar-refractivity contribution in [3.8, 4) is 0 Å². The van der Waals surface area contributed by atoms with Crippen LogP contribution in [0.2, 0.25) is 0 Å². The molecule has 5 heteroatoms. The number of unbranched alkanes of at least 4 members (excludes halogenated alkanes) is 1. The summed E-state index contributed by atoms with van der Waals surface area (Å²) in [5.41, 5.74) is 0. The first-order valence-corrected chi connectivity index (χ1v) is 5.39. The highest BCUT2D eigenvalue weighted by Gasteiger charge is 2.27. The molecule has 0 rings (SSSR count). The van der Waals surface area contributed by atoms with Crippen LogP contribution in [0, 0.1) is 5.92 Å². The van der Waals surface area contributed by atoms with Crippen molar-refractivity contribution in [2.24, 2.45) is 10.9 Å². The molecule has 0 aromatic heterocycles. The number of nitrogens with zero attached hydrogens (tertiary/aromatic N) is 1. The summed E-state index contributed by atoms with van der Waals surface area (Å²) >= 11 is 0. The summed E-state index contributed by atoms with van der Waals surface area (Å²) < 4.78 is 9.96. The van der Waals surface area contributed by atoms with Crippen LogP contribution < -0.4 is 5.32 Å². The van der Waals surface area contributed by atoms with Gasteiger partial charge in [-0.05, 0) is 32.5 Å². The third-order valence-corrected chi connectivity index (χ3v) is 2.44. The van der Waals surface area contributed by atoms with E-state index in [9.17, 15) is 4.79 Å². The van der Waals surface area contributed by atoms with Crippen LogP contribution in [0.4, 0.5) is 0 Å². The molecule has 0 aromatic rings. The van der Waals surface area contributed by atoms with E-state index < -0.39 is 0 Å². The second-order valence-corrected chi connectivity index (χ2v) is 3.45. The third-order valence-electron chi connectivity index (χ3n) is 2.44. The van der Waals surface area contributed by atoms with Crippen molar-refractivity contribution >= 4 is 12.2 Å². The van der Waals surface area contributed by atoms with Crippen LogP contribution in [0.3, 0.4) is 0 Å². The molecule has 2 unspecified atom stereocenters. The molecule has 0 aromatic carbocycles. The number of carbonyl (C=O) groups is 1. The minimum Gasteiger partial charge on any atom is -0.469 e. The molecule has 0 aliphatic carbocycles. The lowest BCUT2D eigenvalue weighted by Crippen LogP contribution is -2.40. The van der Waals surface area contributed by atoms with Gasteiger partial charge in [-0.25, -0.2) is 0 Å². The summed E-state index contributed by atoms with van der Waals surface area (Å²) in [5, 5.41) is 2.95. The quantitative estimate of drug-likeness (QED) is 0.290. The van der Waals surface area contributed by atoms with Gasteiger partial charge < -0.3 is 14.5 Å². The van der Waals surface area contributed by atoms with E-state index in [0.717, 1.165) is 19.3 Å². The minimum atomic E-state index is -0.300. The van der Waals surface area contributed by atoms with Gasteiger partial charge in [0, 0.05) is 14.2 Å². The lowest BCUT2D eigenvalue weighted by Gasteiger charge is -2.23. The number of rotatable bonds is 8. The molecular formula is C11H22N2O3. The Bertz CT molecular complexity index is 215. The van der Waals surface area contributed by atoms with Gasteiger partial charge >= 0.3 is 5.97 Å². The molecular weight excluding hydrogens is 208 g/mol. The van der Waals surface area contributed by atoms with E-state index >= 15 is 0 Å². The van der Waals surface area contributed by atoms with Crippen LogP contribution in [0.25, 0.3) is 0 Å². The van der Waals surface area contributed by atoms with E-state index in [4.69, 9.17) is 9.47 Å². The largest absolute Gasteiger partial charge is 0.469 e. The molecule has 0 aliphatic heterocycles. The molecule has 1 N–H and O–H groups in total. The molecule has 5 nitrogen and oxygen atoms in total. The zero-order valence-corrected chi connectivity index (χ0v) is 10.5. The molecule has 2 atom stereocenters. The van der Waals surface area contributed by atoms with Crippen molar-refractivity contribution < 1.29 is 14.3 Å². The lowest BCUT2D eigenvalue weighted by molar-refractivity contribution is -0.151. The van der Waals surface area contributed by atoms with Gasteiger partial charge in [0.25, 0.3) is 0 Å². The fourth-order valence-corrected chi connectivity index (χ4v) is 1.59. The van der Waals surface area contributed by atoms with E-state index in [1.54, 1.807) is 21.2 Å². The van der Waals surface area contributed by atoms with E-state index in [1.807, 2.05) is 6.21 Å². The summed E-state index contributed by atoms with van der Waals surface area (Å²) in [5.74, 6) is -0.514. The van der Waals surface area contributed by atoms with E-state index in [-0.39, 0.29) is 18.1 Å². The highest BCUT2D eigenvalue weighted by Crippen LogP contribution is 2.15. The van der Waals surface area contributed by atoms with Crippen molar-refractivity contribution in [1.82, 2.24) is 5.32 Å². The Morgan fingerprint density at radius 1 is 1.50 bits per heavy atom. The van der Waals surface area contributed by atoms with E-state index in [1.165, 1.54) is 7.11 Å². The Kier molecular flexibility index (Phi) is 8.75. The molecule has 16 heavy (non-hydrogen) atoms. The third kappa shape index (κ3) is 5.23. The van der Waals surface area contributed by atoms with Crippen molar-refractivity contribution in [2.75, 3.05) is 28.3 Å². The van der Waals surface area contributed by atoms with Gasteiger partial charge in [0.15, 0.2) is 0 Å². The van der Waals surface area contributed by atoms with Crippen LogP contribution in [0.15, 0.2) is 4.99 Å². The van der Waals surface area contributed by atoms with Gasteiger partial charge in [-0.15, -0.1) is 0 Å². The Labute approximate surface area is 97.2 Å². The Hall–Kier alpha value is -0.940. The average molecular weight is 230 g/mol. The first kappa shape index (κ1) is 15.1. The molecule has 0 amide bonds. The van der Waals surface area contributed by atoms with Gasteiger partial charge in [0.2, 0.25) is 0 Å². The number of aliphatic imine (C=N–C) groups is 1. The maximum atomic E-state index is 11.6. The van der Waals surface area contributed by atoms with Crippen LogP contribution in [-0.4, -0.2) is 46.7 Å². The first-order valence-electron chi connectivity index (χ1n) is 5.39. The molecule has 0 heterocycles. The Morgan fingerprint density at radius 2 is 2.19 bits per heavy atom. The molecule has 0 saturated heterocycles. The SMILES string of the molecule is CN=CCCCC(C(=O)OC)C(NC)OC. The predicted octanol–water partition coefficient (Wildman–Crippen LogP) is 0.838. The topological polar surface area (TPSA) is 59.9 Å². The average Bonchev–Trinajstić information content (AvgIpc) is 2.32. The lowest BCUT2D eigenvalue weighted by atomic mass is 10.0. The van der Waals surface area contributed by atoms with Gasteiger partial charge in [-0.3, -0.25) is 10.1 Å².